The number of pyridine rings is 1. The molecule has 0 atom stereocenters. The Hall–Kier alpha value is -0.160. The lowest BCUT2D eigenvalue weighted by atomic mass is 9.78. The first-order chi connectivity index (χ1) is 8.76. The molecule has 1 aromatic rings. The molecule has 2 fully saturated rings. The minimum atomic E-state index is 0. The van der Waals surface area contributed by atoms with Crippen LogP contribution in [0.25, 0.3) is 0 Å². The van der Waals surface area contributed by atoms with Gasteiger partial charge in [0.05, 0.1) is 5.69 Å². The van der Waals surface area contributed by atoms with E-state index in [2.05, 4.69) is 43.3 Å². The van der Waals surface area contributed by atoms with Crippen molar-refractivity contribution in [2.75, 3.05) is 26.2 Å². The summed E-state index contributed by atoms with van der Waals surface area (Å²) in [6, 6.07) is 4.20. The SMILES string of the molecule is Brc1ccc(CN2CCC3(CCNCC3)C2)nc1.Cl. The van der Waals surface area contributed by atoms with Crippen molar-refractivity contribution in [1.29, 1.82) is 0 Å². The summed E-state index contributed by atoms with van der Waals surface area (Å²) < 4.78 is 1.06. The second-order valence-electron chi connectivity index (χ2n) is 5.68. The molecular weight excluding hydrogens is 326 g/mol. The van der Waals surface area contributed by atoms with E-state index in [0.29, 0.717) is 5.41 Å². The number of nitrogens with zero attached hydrogens (tertiary/aromatic N) is 2. The molecule has 0 aromatic carbocycles. The van der Waals surface area contributed by atoms with Gasteiger partial charge in [-0.05, 0) is 72.4 Å². The smallest absolute Gasteiger partial charge is 0.0544 e. The molecule has 0 unspecified atom stereocenters. The summed E-state index contributed by atoms with van der Waals surface area (Å²) in [5, 5.41) is 3.47. The van der Waals surface area contributed by atoms with E-state index in [9.17, 15) is 0 Å². The summed E-state index contributed by atoms with van der Waals surface area (Å²) in [5.41, 5.74) is 1.78. The highest BCUT2D eigenvalue weighted by molar-refractivity contribution is 9.10. The molecule has 0 radical (unpaired) electrons. The van der Waals surface area contributed by atoms with Gasteiger partial charge < -0.3 is 5.32 Å². The molecule has 1 aromatic heterocycles. The van der Waals surface area contributed by atoms with E-state index in [1.807, 2.05) is 6.20 Å². The molecule has 19 heavy (non-hydrogen) atoms. The molecule has 2 aliphatic rings. The van der Waals surface area contributed by atoms with Gasteiger partial charge in [-0.1, -0.05) is 0 Å². The van der Waals surface area contributed by atoms with Gasteiger partial charge in [0, 0.05) is 23.8 Å². The Morgan fingerprint density at radius 2 is 2.05 bits per heavy atom. The van der Waals surface area contributed by atoms with Crippen molar-refractivity contribution >= 4 is 28.3 Å². The molecule has 3 rings (SSSR count). The Labute approximate surface area is 129 Å². The minimum Gasteiger partial charge on any atom is -0.317 e. The molecular formula is C14H21BrClN3. The maximum Gasteiger partial charge on any atom is 0.0544 e. The fraction of sp³-hybridized carbons (Fsp3) is 0.643. The maximum absolute atomic E-state index is 4.47. The molecule has 2 aliphatic heterocycles. The summed E-state index contributed by atoms with van der Waals surface area (Å²) in [4.78, 5) is 7.05. The van der Waals surface area contributed by atoms with Crippen LogP contribution >= 0.6 is 28.3 Å². The highest BCUT2D eigenvalue weighted by Crippen LogP contribution is 2.38. The third-order valence-corrected chi connectivity index (χ3v) is 4.82. The first kappa shape index (κ1) is 15.2. The largest absolute Gasteiger partial charge is 0.317 e. The number of hydrogen-bond acceptors (Lipinski definition) is 3. The van der Waals surface area contributed by atoms with Crippen molar-refractivity contribution < 1.29 is 0 Å². The van der Waals surface area contributed by atoms with Crippen LogP contribution < -0.4 is 5.32 Å². The van der Waals surface area contributed by atoms with Gasteiger partial charge in [0.1, 0.15) is 0 Å². The van der Waals surface area contributed by atoms with Gasteiger partial charge in [0.15, 0.2) is 0 Å². The number of halogens is 2. The van der Waals surface area contributed by atoms with Gasteiger partial charge in [-0.2, -0.15) is 0 Å². The Morgan fingerprint density at radius 3 is 2.74 bits per heavy atom. The normalized spacial score (nSPS) is 22.4. The zero-order valence-electron chi connectivity index (χ0n) is 11.1. The van der Waals surface area contributed by atoms with Crippen LogP contribution in [0.2, 0.25) is 0 Å². The van der Waals surface area contributed by atoms with E-state index in [1.54, 1.807) is 0 Å². The number of rotatable bonds is 2. The average Bonchev–Trinajstić information content (AvgIpc) is 2.76. The highest BCUT2D eigenvalue weighted by atomic mass is 79.9. The molecule has 2 saturated heterocycles. The predicted molar refractivity (Wildman–Crippen MR) is 83.6 cm³/mol. The molecule has 1 N–H and O–H groups in total. The van der Waals surface area contributed by atoms with Crippen molar-refractivity contribution in [3.63, 3.8) is 0 Å². The van der Waals surface area contributed by atoms with E-state index in [-0.39, 0.29) is 12.4 Å². The minimum absolute atomic E-state index is 0. The maximum atomic E-state index is 4.47. The lowest BCUT2D eigenvalue weighted by Crippen LogP contribution is -2.38. The molecule has 3 nitrogen and oxygen atoms in total. The standard InChI is InChI=1S/C14H20BrN3.ClH/c15-12-1-2-13(17-9-12)10-18-8-5-14(11-18)3-6-16-7-4-14;/h1-2,9,16H,3-8,10-11H2;1H. The van der Waals surface area contributed by atoms with Crippen LogP contribution in [0.15, 0.2) is 22.8 Å². The summed E-state index contributed by atoms with van der Waals surface area (Å²) in [5.74, 6) is 0. The Bertz CT molecular complexity index is 404. The summed E-state index contributed by atoms with van der Waals surface area (Å²) >= 11 is 3.43. The quantitative estimate of drug-likeness (QED) is 0.892. The monoisotopic (exact) mass is 345 g/mol. The van der Waals surface area contributed by atoms with Gasteiger partial charge in [-0.15, -0.1) is 12.4 Å². The first-order valence-corrected chi connectivity index (χ1v) is 7.59. The Kier molecular flexibility index (Phi) is 5.23. The van der Waals surface area contributed by atoms with Gasteiger partial charge in [0.2, 0.25) is 0 Å². The average molecular weight is 347 g/mol. The molecule has 0 amide bonds. The van der Waals surface area contributed by atoms with E-state index in [1.165, 1.54) is 51.1 Å². The molecule has 1 spiro atoms. The van der Waals surface area contributed by atoms with Crippen molar-refractivity contribution in [2.24, 2.45) is 5.41 Å². The topological polar surface area (TPSA) is 28.2 Å². The fourth-order valence-electron chi connectivity index (χ4n) is 3.26. The second-order valence-corrected chi connectivity index (χ2v) is 6.59. The number of hydrogen-bond donors (Lipinski definition) is 1. The number of likely N-dealkylation sites (tertiary alicyclic amines) is 1. The van der Waals surface area contributed by atoms with Gasteiger partial charge in [-0.25, -0.2) is 0 Å². The lowest BCUT2D eigenvalue weighted by Gasteiger charge is -2.33. The van der Waals surface area contributed by atoms with Crippen LogP contribution in [0.4, 0.5) is 0 Å². The van der Waals surface area contributed by atoms with Gasteiger partial charge >= 0.3 is 0 Å². The zero-order chi connectivity index (χ0) is 12.4. The van der Waals surface area contributed by atoms with E-state index in [0.717, 1.165) is 11.0 Å². The van der Waals surface area contributed by atoms with Gasteiger partial charge in [-0.3, -0.25) is 9.88 Å². The highest BCUT2D eigenvalue weighted by Gasteiger charge is 2.38. The van der Waals surface area contributed by atoms with Crippen LogP contribution in [0.5, 0.6) is 0 Å². The van der Waals surface area contributed by atoms with Crippen molar-refractivity contribution in [3.05, 3.63) is 28.5 Å². The first-order valence-electron chi connectivity index (χ1n) is 6.79. The van der Waals surface area contributed by atoms with Crippen molar-refractivity contribution in [2.45, 2.75) is 25.8 Å². The summed E-state index contributed by atoms with van der Waals surface area (Å²) in [7, 11) is 0. The van der Waals surface area contributed by atoms with Crippen LogP contribution in [0, 0.1) is 5.41 Å². The van der Waals surface area contributed by atoms with Crippen LogP contribution in [-0.4, -0.2) is 36.1 Å². The third-order valence-electron chi connectivity index (χ3n) is 4.36. The summed E-state index contributed by atoms with van der Waals surface area (Å²) in [6.45, 7) is 5.89. The zero-order valence-corrected chi connectivity index (χ0v) is 13.5. The summed E-state index contributed by atoms with van der Waals surface area (Å²) in [6.07, 6.45) is 5.95. The Balaban J connectivity index is 0.00000133. The predicted octanol–water partition coefficient (Wildman–Crippen LogP) is 2.84. The molecule has 106 valence electrons. The molecule has 0 aliphatic carbocycles. The molecule has 0 bridgehead atoms. The van der Waals surface area contributed by atoms with Crippen LogP contribution in [0.3, 0.4) is 0 Å². The fourth-order valence-corrected chi connectivity index (χ4v) is 3.49. The van der Waals surface area contributed by atoms with Crippen molar-refractivity contribution in [1.82, 2.24) is 15.2 Å². The van der Waals surface area contributed by atoms with E-state index in [4.69, 9.17) is 0 Å². The molecule has 5 heteroatoms. The van der Waals surface area contributed by atoms with E-state index >= 15 is 0 Å². The number of aromatic nitrogens is 1. The molecule has 0 saturated carbocycles. The van der Waals surface area contributed by atoms with Gasteiger partial charge in [0.25, 0.3) is 0 Å². The van der Waals surface area contributed by atoms with Crippen LogP contribution in [-0.2, 0) is 6.54 Å². The third kappa shape index (κ3) is 3.69. The van der Waals surface area contributed by atoms with Crippen molar-refractivity contribution in [3.8, 4) is 0 Å². The number of piperidine rings is 1. The van der Waals surface area contributed by atoms with E-state index < -0.39 is 0 Å². The molecule has 3 heterocycles. The number of nitrogens with one attached hydrogen (secondary N) is 1. The van der Waals surface area contributed by atoms with Crippen LogP contribution in [0.1, 0.15) is 25.0 Å². The Morgan fingerprint density at radius 1 is 1.26 bits per heavy atom. The second kappa shape index (κ2) is 6.53. The lowest BCUT2D eigenvalue weighted by molar-refractivity contribution is 0.193.